The first-order chi connectivity index (χ1) is 20.2. The van der Waals surface area contributed by atoms with E-state index in [1.807, 2.05) is 24.3 Å². The number of hydrogen-bond acceptors (Lipinski definition) is 8. The minimum absolute atomic E-state index is 0. The van der Waals surface area contributed by atoms with Crippen LogP contribution in [0, 0.1) is 0 Å². The standard InChI is InChI=1S/C31H38ClN3O6S.ClH/c32-30-14-12-25(20-34-30)28(37)21-33-16-15-22-7-9-23(10-8-22)24-11-13-27(31(38)35-42(39,40)18-4-17-36)29(19-24)41-26-5-2-1-3-6-26;/h7-14,19-20,26,28,33,36-37H,1-6,15-18,21H2,(H,35,38);1H/t28-;/m0./s1. The van der Waals surface area contributed by atoms with Gasteiger partial charge in [0.2, 0.25) is 10.0 Å². The largest absolute Gasteiger partial charge is 0.490 e. The number of nitrogens with zero attached hydrogens (tertiary/aromatic N) is 1. The number of halogens is 2. The second kappa shape index (κ2) is 16.9. The molecule has 12 heteroatoms. The van der Waals surface area contributed by atoms with Crippen LogP contribution in [-0.2, 0) is 16.4 Å². The van der Waals surface area contributed by atoms with Crippen molar-refractivity contribution in [1.29, 1.82) is 0 Å². The minimum atomic E-state index is -3.88. The summed E-state index contributed by atoms with van der Waals surface area (Å²) in [6.45, 7) is 0.802. The molecule has 4 N–H and O–H groups in total. The second-order valence-electron chi connectivity index (χ2n) is 10.5. The first-order valence-electron chi connectivity index (χ1n) is 14.3. The van der Waals surface area contributed by atoms with E-state index >= 15 is 0 Å². The van der Waals surface area contributed by atoms with E-state index in [0.29, 0.717) is 29.6 Å². The first kappa shape index (κ1) is 34.8. The number of pyridine rings is 1. The van der Waals surface area contributed by atoms with Crippen molar-refractivity contribution in [1.82, 2.24) is 15.0 Å². The molecule has 43 heavy (non-hydrogen) atoms. The summed E-state index contributed by atoms with van der Waals surface area (Å²) in [5, 5.41) is 22.9. The fourth-order valence-electron chi connectivity index (χ4n) is 4.89. The lowest BCUT2D eigenvalue weighted by Gasteiger charge is -2.24. The van der Waals surface area contributed by atoms with Gasteiger partial charge in [0.05, 0.1) is 23.5 Å². The van der Waals surface area contributed by atoms with Crippen molar-refractivity contribution in [2.24, 2.45) is 0 Å². The highest BCUT2D eigenvalue weighted by Crippen LogP contribution is 2.31. The van der Waals surface area contributed by atoms with Crippen molar-refractivity contribution < 1.29 is 28.2 Å². The lowest BCUT2D eigenvalue weighted by molar-refractivity contribution is 0.0969. The minimum Gasteiger partial charge on any atom is -0.490 e. The summed E-state index contributed by atoms with van der Waals surface area (Å²) >= 11 is 5.81. The van der Waals surface area contributed by atoms with Gasteiger partial charge in [-0.05, 0) is 80.0 Å². The van der Waals surface area contributed by atoms with E-state index in [4.69, 9.17) is 21.4 Å². The van der Waals surface area contributed by atoms with Gasteiger partial charge in [0.15, 0.2) is 0 Å². The molecular formula is C31H39Cl2N3O6S. The van der Waals surface area contributed by atoms with Gasteiger partial charge >= 0.3 is 0 Å². The Balaban J connectivity index is 0.00000506. The van der Waals surface area contributed by atoms with Crippen LogP contribution in [0.4, 0.5) is 0 Å². The number of nitrogens with one attached hydrogen (secondary N) is 2. The van der Waals surface area contributed by atoms with Crippen LogP contribution in [0.3, 0.4) is 0 Å². The summed E-state index contributed by atoms with van der Waals surface area (Å²) in [4.78, 5) is 17.0. The molecule has 0 spiro atoms. The molecule has 234 valence electrons. The van der Waals surface area contributed by atoms with Crippen molar-refractivity contribution in [2.45, 2.75) is 57.2 Å². The Morgan fingerprint density at radius 3 is 2.44 bits per heavy atom. The highest BCUT2D eigenvalue weighted by molar-refractivity contribution is 7.90. The Morgan fingerprint density at radius 2 is 1.77 bits per heavy atom. The topological polar surface area (TPSA) is 138 Å². The van der Waals surface area contributed by atoms with Gasteiger partial charge in [-0.3, -0.25) is 4.79 Å². The molecule has 2 aromatic carbocycles. The van der Waals surface area contributed by atoms with E-state index in [0.717, 1.165) is 55.2 Å². The molecule has 1 aliphatic rings. The number of hydrogen-bond donors (Lipinski definition) is 4. The van der Waals surface area contributed by atoms with Crippen molar-refractivity contribution in [2.75, 3.05) is 25.4 Å². The zero-order valence-electron chi connectivity index (χ0n) is 23.9. The number of aliphatic hydroxyl groups is 2. The number of benzene rings is 2. The van der Waals surface area contributed by atoms with Gasteiger partial charge in [-0.1, -0.05) is 54.4 Å². The molecule has 4 rings (SSSR count). The first-order valence-corrected chi connectivity index (χ1v) is 16.3. The van der Waals surface area contributed by atoms with E-state index in [2.05, 4.69) is 15.0 Å². The maximum absolute atomic E-state index is 13.0. The summed E-state index contributed by atoms with van der Waals surface area (Å²) in [6, 6.07) is 16.7. The summed E-state index contributed by atoms with van der Waals surface area (Å²) < 4.78 is 33.0. The quantitative estimate of drug-likeness (QED) is 0.143. The van der Waals surface area contributed by atoms with Crippen LogP contribution in [0.2, 0.25) is 5.15 Å². The third-order valence-corrected chi connectivity index (χ3v) is 8.79. The fourth-order valence-corrected chi connectivity index (χ4v) is 6.00. The molecular weight excluding hydrogens is 613 g/mol. The lowest BCUT2D eigenvalue weighted by Crippen LogP contribution is -2.33. The average Bonchev–Trinajstić information content (AvgIpc) is 2.99. The van der Waals surface area contributed by atoms with Gasteiger partial charge in [-0.25, -0.2) is 18.1 Å². The Hall–Kier alpha value is -2.73. The predicted molar refractivity (Wildman–Crippen MR) is 170 cm³/mol. The van der Waals surface area contributed by atoms with Crippen LogP contribution in [-0.4, -0.2) is 61.1 Å². The van der Waals surface area contributed by atoms with Gasteiger partial charge in [0.25, 0.3) is 5.91 Å². The summed E-state index contributed by atoms with van der Waals surface area (Å²) in [7, 11) is -3.88. The Bertz CT molecular complexity index is 1420. The number of carbonyl (C=O) groups excluding carboxylic acids is 1. The average molecular weight is 653 g/mol. The summed E-state index contributed by atoms with van der Waals surface area (Å²) in [5.74, 6) is -0.725. The molecule has 0 unspecified atom stereocenters. The Labute approximate surface area is 264 Å². The molecule has 0 bridgehead atoms. The molecule has 9 nitrogen and oxygen atoms in total. The van der Waals surface area contributed by atoms with Crippen LogP contribution < -0.4 is 14.8 Å². The predicted octanol–water partition coefficient (Wildman–Crippen LogP) is 4.84. The smallest absolute Gasteiger partial charge is 0.268 e. The van der Waals surface area contributed by atoms with Gasteiger partial charge in [0, 0.05) is 24.9 Å². The van der Waals surface area contributed by atoms with Crippen LogP contribution in [0.15, 0.2) is 60.8 Å². The Morgan fingerprint density at radius 1 is 1.05 bits per heavy atom. The van der Waals surface area contributed by atoms with Crippen molar-refractivity contribution in [3.05, 3.63) is 82.6 Å². The molecule has 1 fully saturated rings. The number of amides is 1. The number of aromatic nitrogens is 1. The van der Waals surface area contributed by atoms with Gasteiger partial charge in [0.1, 0.15) is 10.9 Å². The van der Waals surface area contributed by atoms with Crippen LogP contribution in [0.1, 0.15) is 66.1 Å². The van der Waals surface area contributed by atoms with Crippen molar-refractivity contribution in [3.63, 3.8) is 0 Å². The maximum atomic E-state index is 13.0. The van der Waals surface area contributed by atoms with Crippen LogP contribution in [0.25, 0.3) is 11.1 Å². The second-order valence-corrected chi connectivity index (χ2v) is 12.7. The summed E-state index contributed by atoms with van der Waals surface area (Å²) in [5.41, 5.74) is 3.78. The van der Waals surface area contributed by atoms with Crippen molar-refractivity contribution in [3.8, 4) is 16.9 Å². The molecule has 0 aliphatic heterocycles. The molecule has 1 saturated carbocycles. The SMILES string of the molecule is Cl.O=C(NS(=O)(=O)CCCO)c1ccc(-c2ccc(CCNC[C@H](O)c3ccc(Cl)nc3)cc2)cc1OC1CCCCC1. The third kappa shape index (κ3) is 10.7. The zero-order valence-corrected chi connectivity index (χ0v) is 26.3. The van der Waals surface area contributed by atoms with E-state index in [1.165, 1.54) is 0 Å². The highest BCUT2D eigenvalue weighted by Gasteiger charge is 2.23. The maximum Gasteiger partial charge on any atom is 0.268 e. The number of carbonyl (C=O) groups is 1. The highest BCUT2D eigenvalue weighted by atomic mass is 35.5. The van der Waals surface area contributed by atoms with Crippen LogP contribution >= 0.6 is 24.0 Å². The molecule has 1 amide bonds. The molecule has 0 radical (unpaired) electrons. The lowest BCUT2D eigenvalue weighted by atomic mass is 9.97. The number of aliphatic hydroxyl groups excluding tert-OH is 2. The molecule has 1 atom stereocenters. The molecule has 1 aromatic heterocycles. The fraction of sp³-hybridized carbons (Fsp3) is 0.419. The molecule has 3 aromatic rings. The Kier molecular flexibility index (Phi) is 13.7. The van der Waals surface area contributed by atoms with Crippen molar-refractivity contribution >= 4 is 39.9 Å². The number of ether oxygens (including phenoxy) is 1. The van der Waals surface area contributed by atoms with Gasteiger partial charge in [-0.2, -0.15) is 0 Å². The normalized spacial score (nSPS) is 14.5. The van der Waals surface area contributed by atoms with Crippen LogP contribution in [0.5, 0.6) is 5.75 Å². The summed E-state index contributed by atoms with van der Waals surface area (Å²) in [6.07, 6.45) is 6.70. The number of rotatable bonds is 14. The zero-order chi connectivity index (χ0) is 30.0. The van der Waals surface area contributed by atoms with E-state index in [-0.39, 0.29) is 42.9 Å². The van der Waals surface area contributed by atoms with Gasteiger partial charge < -0.3 is 20.3 Å². The van der Waals surface area contributed by atoms with Gasteiger partial charge in [-0.15, -0.1) is 12.4 Å². The molecule has 1 heterocycles. The molecule has 1 aliphatic carbocycles. The monoisotopic (exact) mass is 651 g/mol. The van der Waals surface area contributed by atoms with E-state index in [9.17, 15) is 18.3 Å². The number of sulfonamides is 1. The van der Waals surface area contributed by atoms with E-state index < -0.39 is 22.0 Å². The third-order valence-electron chi connectivity index (χ3n) is 7.24. The van der Waals surface area contributed by atoms with E-state index in [1.54, 1.807) is 36.5 Å². The molecule has 0 saturated heterocycles.